The van der Waals surface area contributed by atoms with Crippen LogP contribution in [0.4, 0.5) is 0 Å². The van der Waals surface area contributed by atoms with Crippen LogP contribution in [-0.4, -0.2) is 23.8 Å². The lowest BCUT2D eigenvalue weighted by atomic mass is 9.61. The zero-order valence-corrected chi connectivity index (χ0v) is 21.0. The Morgan fingerprint density at radius 3 is 2.66 bits per heavy atom. The molecule has 3 unspecified atom stereocenters. The Hall–Kier alpha value is -2.07. The van der Waals surface area contributed by atoms with E-state index in [4.69, 9.17) is 16.3 Å². The molecule has 0 saturated heterocycles. The molecular formula is C27H37ClO4. The number of hydrogen-bond donors (Lipinski definition) is 1. The van der Waals surface area contributed by atoms with E-state index in [1.807, 2.05) is 19.9 Å². The van der Waals surface area contributed by atoms with Gasteiger partial charge in [0.2, 0.25) is 0 Å². The van der Waals surface area contributed by atoms with Crippen LogP contribution in [0, 0.1) is 24.2 Å². The molecule has 0 radical (unpaired) electrons. The largest absolute Gasteiger partial charge is 0.507 e. The number of Topliss-reactive ketones (excluding diaryl/α,β-unsaturated/α-hetero) is 1. The molecule has 176 valence electrons. The van der Waals surface area contributed by atoms with Gasteiger partial charge >= 0.3 is 0 Å². The minimum atomic E-state index is -0.182. The zero-order chi connectivity index (χ0) is 24.1. The highest BCUT2D eigenvalue weighted by atomic mass is 35.5. The van der Waals surface area contributed by atoms with Gasteiger partial charge in [0.05, 0.1) is 17.2 Å². The summed E-state index contributed by atoms with van der Waals surface area (Å²) in [5, 5.41) is 11.1. The van der Waals surface area contributed by atoms with Crippen molar-refractivity contribution in [1.29, 1.82) is 0 Å². The topological polar surface area (TPSA) is 63.6 Å². The Kier molecular flexibility index (Phi) is 9.15. The van der Waals surface area contributed by atoms with Gasteiger partial charge in [-0.25, -0.2) is 0 Å². The van der Waals surface area contributed by atoms with Gasteiger partial charge in [0, 0.05) is 17.9 Å². The molecular weight excluding hydrogens is 424 g/mol. The van der Waals surface area contributed by atoms with Crippen LogP contribution in [0.5, 0.6) is 11.5 Å². The van der Waals surface area contributed by atoms with Gasteiger partial charge in [-0.3, -0.25) is 9.59 Å². The molecule has 1 aromatic rings. The normalized spacial score (nSPS) is 24.2. The second-order valence-electron chi connectivity index (χ2n) is 9.31. The lowest BCUT2D eigenvalue weighted by molar-refractivity contribution is -0.129. The van der Waals surface area contributed by atoms with Crippen molar-refractivity contribution in [3.8, 4) is 11.5 Å². The average molecular weight is 461 g/mol. The summed E-state index contributed by atoms with van der Waals surface area (Å²) >= 11 is 6.51. The van der Waals surface area contributed by atoms with E-state index in [0.29, 0.717) is 59.3 Å². The van der Waals surface area contributed by atoms with Crippen LogP contribution in [0.2, 0.25) is 5.02 Å². The van der Waals surface area contributed by atoms with Gasteiger partial charge in [-0.1, -0.05) is 69.5 Å². The standard InChI is InChI=1S/C27H37ClO4/c1-7-8-15-32-26-21(25(31)22(16-29)19(4)24(26)28)11-9-17(2)13-14-27(6)18(3)10-12-23(30)20(27)5/h9,13-14,16,18,20,31H,7-8,10-12,15H2,1-6H3/b14-13+,17-9+. The summed E-state index contributed by atoms with van der Waals surface area (Å²) < 4.78 is 5.92. The van der Waals surface area contributed by atoms with E-state index >= 15 is 0 Å². The summed E-state index contributed by atoms with van der Waals surface area (Å²) in [5.74, 6) is 1.11. The molecule has 1 saturated carbocycles. The number of phenolic OH excluding ortho intramolecular Hbond substituents is 1. The summed E-state index contributed by atoms with van der Waals surface area (Å²) in [4.78, 5) is 23.8. The van der Waals surface area contributed by atoms with E-state index in [1.54, 1.807) is 6.92 Å². The Morgan fingerprint density at radius 1 is 1.34 bits per heavy atom. The molecule has 2 rings (SSSR count). The molecule has 0 spiro atoms. The van der Waals surface area contributed by atoms with E-state index in [2.05, 4.69) is 32.9 Å². The van der Waals surface area contributed by atoms with Gasteiger partial charge in [-0.15, -0.1) is 0 Å². The molecule has 0 aromatic heterocycles. The van der Waals surface area contributed by atoms with Crippen molar-refractivity contribution in [2.24, 2.45) is 17.3 Å². The maximum atomic E-state index is 12.3. The van der Waals surface area contributed by atoms with Crippen molar-refractivity contribution in [2.45, 2.75) is 73.6 Å². The molecule has 1 fully saturated rings. The first-order valence-corrected chi connectivity index (χ1v) is 12.0. The van der Waals surface area contributed by atoms with Crippen LogP contribution < -0.4 is 4.74 Å². The number of benzene rings is 1. The monoisotopic (exact) mass is 460 g/mol. The van der Waals surface area contributed by atoms with Gasteiger partial charge < -0.3 is 9.84 Å². The lowest BCUT2D eigenvalue weighted by Gasteiger charge is -2.42. The number of hydrogen-bond acceptors (Lipinski definition) is 4. The summed E-state index contributed by atoms with van der Waals surface area (Å²) in [6, 6.07) is 0. The number of aldehydes is 1. The fourth-order valence-electron chi connectivity index (χ4n) is 4.28. The van der Waals surface area contributed by atoms with Crippen molar-refractivity contribution in [3.63, 3.8) is 0 Å². The number of phenols is 1. The fraction of sp³-hybridized carbons (Fsp3) is 0.556. The van der Waals surface area contributed by atoms with Crippen molar-refractivity contribution < 1.29 is 19.4 Å². The summed E-state index contributed by atoms with van der Waals surface area (Å²) in [6.45, 7) is 12.7. The van der Waals surface area contributed by atoms with Crippen molar-refractivity contribution in [2.75, 3.05) is 6.61 Å². The third-order valence-corrected chi connectivity index (χ3v) is 7.70. The van der Waals surface area contributed by atoms with Gasteiger partial charge in [0.15, 0.2) is 6.29 Å². The molecule has 0 amide bonds. The SMILES string of the molecule is CCCCOc1c(Cl)c(C)c(C=O)c(O)c1C/C=C(C)/C=C/C1(C)C(C)CCC(=O)C1C. The first kappa shape index (κ1) is 26.2. The molecule has 1 aromatic carbocycles. The summed E-state index contributed by atoms with van der Waals surface area (Å²) in [7, 11) is 0. The first-order chi connectivity index (χ1) is 15.1. The van der Waals surface area contributed by atoms with E-state index in [-0.39, 0.29) is 22.6 Å². The smallest absolute Gasteiger partial charge is 0.154 e. The first-order valence-electron chi connectivity index (χ1n) is 11.6. The van der Waals surface area contributed by atoms with Crippen LogP contribution in [0.1, 0.15) is 81.8 Å². The Labute approximate surface area is 197 Å². The maximum absolute atomic E-state index is 12.3. The third-order valence-electron chi connectivity index (χ3n) is 7.24. The van der Waals surface area contributed by atoms with Crippen LogP contribution in [0.15, 0.2) is 23.8 Å². The Balaban J connectivity index is 2.34. The molecule has 0 aliphatic heterocycles. The predicted molar refractivity (Wildman–Crippen MR) is 131 cm³/mol. The molecule has 32 heavy (non-hydrogen) atoms. The zero-order valence-electron chi connectivity index (χ0n) is 20.3. The van der Waals surface area contributed by atoms with Crippen LogP contribution in [0.25, 0.3) is 0 Å². The number of ketones is 1. The maximum Gasteiger partial charge on any atom is 0.154 e. The molecule has 1 aliphatic rings. The minimum Gasteiger partial charge on any atom is -0.507 e. The highest BCUT2D eigenvalue weighted by Crippen LogP contribution is 2.45. The lowest BCUT2D eigenvalue weighted by Crippen LogP contribution is -2.40. The quantitative estimate of drug-likeness (QED) is 0.244. The van der Waals surface area contributed by atoms with Gasteiger partial charge in [-0.05, 0) is 50.0 Å². The number of unbranched alkanes of at least 4 members (excludes halogenated alkanes) is 1. The summed E-state index contributed by atoms with van der Waals surface area (Å²) in [6.07, 6.45) is 10.6. The van der Waals surface area contributed by atoms with E-state index in [0.717, 1.165) is 24.8 Å². The number of allylic oxidation sites excluding steroid dienone is 4. The molecule has 3 atom stereocenters. The molecule has 4 nitrogen and oxygen atoms in total. The fourth-order valence-corrected chi connectivity index (χ4v) is 4.55. The van der Waals surface area contributed by atoms with E-state index < -0.39 is 0 Å². The second kappa shape index (κ2) is 11.2. The number of aromatic hydroxyl groups is 1. The minimum absolute atomic E-state index is 0.0102. The molecule has 0 heterocycles. The van der Waals surface area contributed by atoms with E-state index in [9.17, 15) is 14.7 Å². The van der Waals surface area contributed by atoms with E-state index in [1.165, 1.54) is 0 Å². The highest BCUT2D eigenvalue weighted by Gasteiger charge is 2.41. The number of halogens is 1. The van der Waals surface area contributed by atoms with Crippen LogP contribution >= 0.6 is 11.6 Å². The Morgan fingerprint density at radius 2 is 2.03 bits per heavy atom. The van der Waals surface area contributed by atoms with Gasteiger partial charge in [0.25, 0.3) is 0 Å². The molecule has 1 N–H and O–H groups in total. The Bertz CT molecular complexity index is 915. The molecule has 1 aliphatic carbocycles. The van der Waals surface area contributed by atoms with Crippen LogP contribution in [-0.2, 0) is 11.2 Å². The van der Waals surface area contributed by atoms with Crippen molar-refractivity contribution in [3.05, 3.63) is 45.5 Å². The number of carbonyl (C=O) groups excluding carboxylic acids is 2. The highest BCUT2D eigenvalue weighted by molar-refractivity contribution is 6.33. The third kappa shape index (κ3) is 5.46. The number of carbonyl (C=O) groups is 2. The van der Waals surface area contributed by atoms with Gasteiger partial charge in [-0.2, -0.15) is 0 Å². The summed E-state index contributed by atoms with van der Waals surface area (Å²) in [5.41, 5.74) is 2.07. The predicted octanol–water partition coefficient (Wildman–Crippen LogP) is 7.03. The average Bonchev–Trinajstić information content (AvgIpc) is 2.77. The molecule has 0 bridgehead atoms. The molecule has 5 heteroatoms. The van der Waals surface area contributed by atoms with Crippen LogP contribution in [0.3, 0.4) is 0 Å². The second-order valence-corrected chi connectivity index (χ2v) is 9.69. The van der Waals surface area contributed by atoms with Crippen molar-refractivity contribution >= 4 is 23.7 Å². The number of rotatable bonds is 9. The number of ether oxygens (including phenoxy) is 1. The van der Waals surface area contributed by atoms with Crippen molar-refractivity contribution in [1.82, 2.24) is 0 Å². The van der Waals surface area contributed by atoms with Gasteiger partial charge in [0.1, 0.15) is 17.3 Å².